The molecule has 3 N–H and O–H groups in total. The van der Waals surface area contributed by atoms with Crippen molar-refractivity contribution < 1.29 is 9.59 Å². The van der Waals surface area contributed by atoms with E-state index in [9.17, 15) is 9.59 Å². The maximum atomic E-state index is 12.5. The van der Waals surface area contributed by atoms with Gasteiger partial charge in [0, 0.05) is 24.9 Å². The predicted octanol–water partition coefficient (Wildman–Crippen LogP) is 2.75. The molecule has 1 saturated heterocycles. The average Bonchev–Trinajstić information content (AvgIpc) is 3.14. The van der Waals surface area contributed by atoms with Gasteiger partial charge in [0.15, 0.2) is 0 Å². The molecule has 26 heavy (non-hydrogen) atoms. The molecule has 5 nitrogen and oxygen atoms in total. The molecule has 3 rings (SSSR count). The Morgan fingerprint density at radius 1 is 1.00 bits per heavy atom. The van der Waals surface area contributed by atoms with Crippen LogP contribution in [0.2, 0.25) is 0 Å². The average molecular weight is 364 g/mol. The third kappa shape index (κ3) is 5.70. The molecule has 148 valence electrons. The van der Waals surface area contributed by atoms with Crippen LogP contribution in [0.3, 0.4) is 0 Å². The van der Waals surface area contributed by atoms with Crippen LogP contribution in [0.1, 0.15) is 77.6 Å². The molecule has 0 radical (unpaired) electrons. The van der Waals surface area contributed by atoms with Gasteiger partial charge >= 0.3 is 0 Å². The van der Waals surface area contributed by atoms with Gasteiger partial charge in [0.25, 0.3) is 0 Å². The van der Waals surface area contributed by atoms with Crippen molar-refractivity contribution in [2.24, 2.45) is 17.3 Å². The second-order valence-corrected chi connectivity index (χ2v) is 9.25. The molecule has 0 spiro atoms. The van der Waals surface area contributed by atoms with Crippen LogP contribution in [0.4, 0.5) is 0 Å². The Bertz CT molecular complexity index is 474. The number of hydrogen-bond acceptors (Lipinski definition) is 3. The summed E-state index contributed by atoms with van der Waals surface area (Å²) in [6.45, 7) is 5.19. The first-order chi connectivity index (χ1) is 12.5. The molecule has 3 aliphatic rings. The van der Waals surface area contributed by atoms with Crippen molar-refractivity contribution in [2.75, 3.05) is 19.6 Å². The van der Waals surface area contributed by atoms with Crippen LogP contribution in [0.15, 0.2) is 0 Å². The monoisotopic (exact) mass is 363 g/mol. The summed E-state index contributed by atoms with van der Waals surface area (Å²) in [6.07, 6.45) is 11.7. The first-order valence-corrected chi connectivity index (χ1v) is 10.8. The second kappa shape index (κ2) is 9.20. The zero-order valence-corrected chi connectivity index (χ0v) is 16.4. The van der Waals surface area contributed by atoms with Crippen molar-refractivity contribution in [1.29, 1.82) is 0 Å². The smallest absolute Gasteiger partial charge is 0.223 e. The number of rotatable bonds is 6. The van der Waals surface area contributed by atoms with Crippen LogP contribution in [0.5, 0.6) is 0 Å². The molecular formula is C21H37N3O2. The lowest BCUT2D eigenvalue weighted by Gasteiger charge is -2.35. The summed E-state index contributed by atoms with van der Waals surface area (Å²) in [4.78, 5) is 24.7. The lowest BCUT2D eigenvalue weighted by Crippen LogP contribution is -2.45. The Kier molecular flexibility index (Phi) is 6.96. The van der Waals surface area contributed by atoms with Gasteiger partial charge in [-0.3, -0.25) is 9.59 Å². The van der Waals surface area contributed by atoms with Gasteiger partial charge in [-0.25, -0.2) is 0 Å². The number of carbonyl (C=O) groups is 2. The van der Waals surface area contributed by atoms with Crippen LogP contribution in [0.25, 0.3) is 0 Å². The number of hydrogen-bond donors (Lipinski definition) is 3. The lowest BCUT2D eigenvalue weighted by molar-refractivity contribution is -0.126. The Hall–Kier alpha value is -1.10. The molecule has 0 unspecified atom stereocenters. The predicted molar refractivity (Wildman–Crippen MR) is 104 cm³/mol. The van der Waals surface area contributed by atoms with E-state index in [1.54, 1.807) is 0 Å². The van der Waals surface area contributed by atoms with Crippen molar-refractivity contribution >= 4 is 11.8 Å². The molecule has 1 aliphatic heterocycles. The molecule has 2 amide bonds. The molecule has 0 bridgehead atoms. The van der Waals surface area contributed by atoms with Crippen molar-refractivity contribution in [3.05, 3.63) is 0 Å². The molecular weight excluding hydrogens is 326 g/mol. The van der Waals surface area contributed by atoms with E-state index in [4.69, 9.17) is 0 Å². The van der Waals surface area contributed by atoms with Crippen molar-refractivity contribution in [3.63, 3.8) is 0 Å². The summed E-state index contributed by atoms with van der Waals surface area (Å²) in [5.41, 5.74) is 0.242. The minimum Gasteiger partial charge on any atom is -0.355 e. The van der Waals surface area contributed by atoms with E-state index in [1.165, 1.54) is 25.7 Å². The molecule has 0 aromatic rings. The second-order valence-electron chi connectivity index (χ2n) is 9.25. The third-order valence-corrected chi connectivity index (χ3v) is 6.91. The highest BCUT2D eigenvalue weighted by atomic mass is 16.2. The van der Waals surface area contributed by atoms with Crippen LogP contribution in [-0.2, 0) is 9.59 Å². The summed E-state index contributed by atoms with van der Waals surface area (Å²) in [5, 5.41) is 9.82. The molecule has 0 aromatic heterocycles. The quantitative estimate of drug-likeness (QED) is 0.679. The van der Waals surface area contributed by atoms with E-state index in [2.05, 4.69) is 22.9 Å². The standard InChI is InChI=1S/C21H37N3O2/c1-21(10-12-22-13-11-21)15-23-20(26)17-6-8-18(9-7-17)24-19(25)14-16-4-2-3-5-16/h16-18,22H,2-15H2,1H3,(H,23,26)(H,24,25). The third-order valence-electron chi connectivity index (χ3n) is 6.91. The topological polar surface area (TPSA) is 70.2 Å². The molecule has 1 heterocycles. The zero-order valence-electron chi connectivity index (χ0n) is 16.4. The van der Waals surface area contributed by atoms with Crippen molar-refractivity contribution in [2.45, 2.75) is 83.6 Å². The summed E-state index contributed by atoms with van der Waals surface area (Å²) in [6, 6.07) is 0.273. The van der Waals surface area contributed by atoms with E-state index >= 15 is 0 Å². The summed E-state index contributed by atoms with van der Waals surface area (Å²) >= 11 is 0. The maximum absolute atomic E-state index is 12.5. The highest BCUT2D eigenvalue weighted by molar-refractivity contribution is 5.79. The molecule has 5 heteroatoms. The van der Waals surface area contributed by atoms with Gasteiger partial charge < -0.3 is 16.0 Å². The highest BCUT2D eigenvalue weighted by Gasteiger charge is 2.31. The van der Waals surface area contributed by atoms with Crippen molar-refractivity contribution in [1.82, 2.24) is 16.0 Å². The van der Waals surface area contributed by atoms with Crippen molar-refractivity contribution in [3.8, 4) is 0 Å². The molecule has 2 saturated carbocycles. The summed E-state index contributed by atoms with van der Waals surface area (Å²) in [7, 11) is 0. The van der Waals surface area contributed by atoms with Gasteiger partial charge in [-0.2, -0.15) is 0 Å². The van der Waals surface area contributed by atoms with Crippen LogP contribution >= 0.6 is 0 Å². The van der Waals surface area contributed by atoms with E-state index in [0.29, 0.717) is 12.3 Å². The Morgan fingerprint density at radius 2 is 1.65 bits per heavy atom. The SMILES string of the molecule is CC1(CNC(=O)C2CCC(NC(=O)CC3CCCC3)CC2)CCNCC1. The van der Waals surface area contributed by atoms with Gasteiger partial charge in [-0.05, 0) is 75.8 Å². The number of nitrogens with one attached hydrogen (secondary N) is 3. The molecule has 0 atom stereocenters. The fourth-order valence-corrected chi connectivity index (χ4v) is 4.92. The molecule has 0 aromatic carbocycles. The first kappa shape index (κ1) is 19.7. The Morgan fingerprint density at radius 3 is 2.31 bits per heavy atom. The van der Waals surface area contributed by atoms with E-state index in [0.717, 1.165) is 58.2 Å². The maximum Gasteiger partial charge on any atom is 0.223 e. The van der Waals surface area contributed by atoms with Crippen LogP contribution < -0.4 is 16.0 Å². The largest absolute Gasteiger partial charge is 0.355 e. The van der Waals surface area contributed by atoms with Crippen LogP contribution in [0, 0.1) is 17.3 Å². The first-order valence-electron chi connectivity index (χ1n) is 10.8. The number of carbonyl (C=O) groups excluding carboxylic acids is 2. The Labute approximate surface area is 158 Å². The molecule has 3 fully saturated rings. The van der Waals surface area contributed by atoms with Crippen LogP contribution in [-0.4, -0.2) is 37.5 Å². The van der Waals surface area contributed by atoms with E-state index < -0.39 is 0 Å². The van der Waals surface area contributed by atoms with Gasteiger partial charge in [-0.1, -0.05) is 19.8 Å². The fraction of sp³-hybridized carbons (Fsp3) is 0.905. The zero-order chi connectivity index (χ0) is 18.4. The minimum atomic E-state index is 0.128. The fourth-order valence-electron chi connectivity index (χ4n) is 4.92. The van der Waals surface area contributed by atoms with E-state index in [1.807, 2.05) is 0 Å². The Balaban J connectivity index is 1.33. The minimum absolute atomic E-state index is 0.128. The van der Waals surface area contributed by atoms with Gasteiger partial charge in [0.1, 0.15) is 0 Å². The molecule has 2 aliphatic carbocycles. The van der Waals surface area contributed by atoms with Gasteiger partial charge in [0.05, 0.1) is 0 Å². The summed E-state index contributed by atoms with van der Waals surface area (Å²) in [5.74, 6) is 1.18. The lowest BCUT2D eigenvalue weighted by atomic mass is 9.80. The number of piperidine rings is 1. The number of amides is 2. The van der Waals surface area contributed by atoms with Gasteiger partial charge in [0.2, 0.25) is 11.8 Å². The highest BCUT2D eigenvalue weighted by Crippen LogP contribution is 2.29. The van der Waals surface area contributed by atoms with Gasteiger partial charge in [-0.15, -0.1) is 0 Å². The van der Waals surface area contributed by atoms with E-state index in [-0.39, 0.29) is 29.2 Å². The summed E-state index contributed by atoms with van der Waals surface area (Å²) < 4.78 is 0. The normalized spacial score (nSPS) is 29.3.